The van der Waals surface area contributed by atoms with Gasteiger partial charge >= 0.3 is 0 Å². The third-order valence-electron chi connectivity index (χ3n) is 6.85. The smallest absolute Gasteiger partial charge is 0.247 e. The van der Waals surface area contributed by atoms with Crippen molar-refractivity contribution in [3.63, 3.8) is 0 Å². The molecule has 0 bridgehead atoms. The quantitative estimate of drug-likeness (QED) is 0.249. The zero-order chi connectivity index (χ0) is 29.2. The number of nitrogens with one attached hydrogen (secondary N) is 2. The Morgan fingerprint density at radius 2 is 1.63 bits per heavy atom. The first-order chi connectivity index (χ1) is 19.8. The highest BCUT2D eigenvalue weighted by Crippen LogP contribution is 2.26. The molecular weight excluding hydrogens is 562 g/mol. The molecule has 4 rings (SSSR count). The van der Waals surface area contributed by atoms with Crippen LogP contribution in [0.3, 0.4) is 0 Å². The molecule has 0 aliphatic heterocycles. The summed E-state index contributed by atoms with van der Waals surface area (Å²) >= 11 is 6.09. The van der Waals surface area contributed by atoms with Gasteiger partial charge in [-0.2, -0.15) is 0 Å². The van der Waals surface area contributed by atoms with E-state index >= 15 is 0 Å². The molecule has 218 valence electrons. The Morgan fingerprint density at radius 1 is 0.976 bits per heavy atom. The minimum absolute atomic E-state index is 0.0265. The number of halogens is 1. The number of aryl methyl sites for hydroxylation is 1. The molecule has 2 N–H and O–H groups in total. The van der Waals surface area contributed by atoms with Gasteiger partial charge in [0.2, 0.25) is 21.8 Å². The number of sulfonamides is 1. The normalized spacial score (nSPS) is 13.9. The van der Waals surface area contributed by atoms with E-state index in [0.717, 1.165) is 24.0 Å². The molecule has 2 amide bonds. The maximum atomic E-state index is 13.8. The lowest BCUT2D eigenvalue weighted by Crippen LogP contribution is -2.43. The third-order valence-corrected chi connectivity index (χ3v) is 8.64. The Balaban J connectivity index is 1.54. The van der Waals surface area contributed by atoms with E-state index in [1.807, 2.05) is 42.5 Å². The van der Waals surface area contributed by atoms with E-state index in [4.69, 9.17) is 16.3 Å². The maximum absolute atomic E-state index is 13.8. The van der Waals surface area contributed by atoms with Gasteiger partial charge in [0.05, 0.1) is 4.90 Å². The average molecular weight is 598 g/mol. The molecule has 8 nitrogen and oxygen atoms in total. The highest BCUT2D eigenvalue weighted by Gasteiger charge is 2.31. The molecule has 10 heteroatoms. The van der Waals surface area contributed by atoms with Crippen LogP contribution in [0.1, 0.15) is 48.4 Å². The number of hydrogen-bond acceptors (Lipinski definition) is 5. The van der Waals surface area contributed by atoms with Crippen LogP contribution in [0.15, 0.2) is 83.8 Å². The van der Waals surface area contributed by atoms with Gasteiger partial charge in [0.1, 0.15) is 6.04 Å². The van der Waals surface area contributed by atoms with Crippen LogP contribution in [0, 0.1) is 0 Å². The molecular formula is C31H36ClN3O5S. The van der Waals surface area contributed by atoms with Crippen molar-refractivity contribution >= 4 is 33.4 Å². The number of hydrogen-bond donors (Lipinski definition) is 2. The van der Waals surface area contributed by atoms with E-state index < -0.39 is 16.1 Å². The molecule has 41 heavy (non-hydrogen) atoms. The highest BCUT2D eigenvalue weighted by molar-refractivity contribution is 7.89. The monoisotopic (exact) mass is 597 g/mol. The minimum atomic E-state index is -3.55. The molecule has 0 radical (unpaired) electrons. The minimum Gasteiger partial charge on any atom is -0.385 e. The number of methoxy groups -OCH3 is 1. The summed E-state index contributed by atoms with van der Waals surface area (Å²) in [6, 6.07) is 22.2. The Kier molecular flexibility index (Phi) is 10.9. The summed E-state index contributed by atoms with van der Waals surface area (Å²) in [5.74, 6) is -0.472. The highest BCUT2D eigenvalue weighted by atomic mass is 35.5. The molecule has 0 unspecified atom stereocenters. The second-order valence-electron chi connectivity index (χ2n) is 10.1. The van der Waals surface area contributed by atoms with Gasteiger partial charge < -0.3 is 15.0 Å². The van der Waals surface area contributed by atoms with E-state index in [-0.39, 0.29) is 35.7 Å². The summed E-state index contributed by atoms with van der Waals surface area (Å²) in [7, 11) is -1.94. The molecule has 0 saturated heterocycles. The molecule has 1 aliphatic rings. The Labute approximate surface area is 247 Å². The van der Waals surface area contributed by atoms with E-state index in [2.05, 4.69) is 10.0 Å². The largest absolute Gasteiger partial charge is 0.385 e. The number of carbonyl (C=O) groups is 2. The van der Waals surface area contributed by atoms with Crippen LogP contribution in [0.5, 0.6) is 0 Å². The topological polar surface area (TPSA) is 105 Å². The van der Waals surface area contributed by atoms with Gasteiger partial charge in [0.25, 0.3) is 0 Å². The average Bonchev–Trinajstić information content (AvgIpc) is 3.79. The van der Waals surface area contributed by atoms with E-state index in [1.54, 1.807) is 48.4 Å². The van der Waals surface area contributed by atoms with Gasteiger partial charge in [0, 0.05) is 44.3 Å². The predicted molar refractivity (Wildman–Crippen MR) is 159 cm³/mol. The first kappa shape index (κ1) is 30.7. The number of rotatable bonds is 15. The summed E-state index contributed by atoms with van der Waals surface area (Å²) in [4.78, 5) is 29.2. The zero-order valence-electron chi connectivity index (χ0n) is 23.1. The van der Waals surface area contributed by atoms with Crippen molar-refractivity contribution in [1.82, 2.24) is 14.9 Å². The lowest BCUT2D eigenvalue weighted by Gasteiger charge is -2.32. The second-order valence-corrected chi connectivity index (χ2v) is 12.3. The number of carbonyl (C=O) groups excluding carboxylic acids is 2. The molecule has 0 heterocycles. The van der Waals surface area contributed by atoms with Crippen molar-refractivity contribution in [2.45, 2.75) is 55.6 Å². The molecule has 1 aliphatic carbocycles. The predicted octanol–water partition coefficient (Wildman–Crippen LogP) is 4.64. The molecule has 0 spiro atoms. The maximum Gasteiger partial charge on any atom is 0.247 e. The Bertz CT molecular complexity index is 1400. The SMILES string of the molecule is COCCCNC(=O)[C@H](c1ccccc1)N(Cc1ccc(Cl)cc1)C(=O)CCc1ccc(S(=O)(=O)NC2CC2)cc1. The van der Waals surface area contributed by atoms with Gasteiger partial charge in [-0.15, -0.1) is 0 Å². The number of benzene rings is 3. The van der Waals surface area contributed by atoms with Crippen LogP contribution in [0.2, 0.25) is 5.02 Å². The fourth-order valence-electron chi connectivity index (χ4n) is 4.46. The summed E-state index contributed by atoms with van der Waals surface area (Å²) in [5, 5.41) is 3.54. The summed E-state index contributed by atoms with van der Waals surface area (Å²) in [5.41, 5.74) is 2.38. The lowest BCUT2D eigenvalue weighted by atomic mass is 10.0. The number of amides is 2. The summed E-state index contributed by atoms with van der Waals surface area (Å²) in [6.07, 6.45) is 2.91. The first-order valence-corrected chi connectivity index (χ1v) is 15.6. The lowest BCUT2D eigenvalue weighted by molar-refractivity contribution is -0.141. The van der Waals surface area contributed by atoms with Crippen molar-refractivity contribution in [1.29, 1.82) is 0 Å². The van der Waals surface area contributed by atoms with Crippen LogP contribution >= 0.6 is 11.6 Å². The number of nitrogens with zero attached hydrogens (tertiary/aromatic N) is 1. The van der Waals surface area contributed by atoms with Crippen LogP contribution in [-0.4, -0.2) is 51.4 Å². The van der Waals surface area contributed by atoms with Gasteiger partial charge in [0.15, 0.2) is 0 Å². The fourth-order valence-corrected chi connectivity index (χ4v) is 5.89. The summed E-state index contributed by atoms with van der Waals surface area (Å²) < 4.78 is 32.8. The van der Waals surface area contributed by atoms with Crippen LogP contribution < -0.4 is 10.0 Å². The molecule has 1 atom stereocenters. The van der Waals surface area contributed by atoms with Crippen molar-refractivity contribution in [2.75, 3.05) is 20.3 Å². The molecule has 3 aromatic rings. The molecule has 3 aromatic carbocycles. The van der Waals surface area contributed by atoms with Crippen LogP contribution in [0.4, 0.5) is 0 Å². The van der Waals surface area contributed by atoms with E-state index in [0.29, 0.717) is 36.6 Å². The van der Waals surface area contributed by atoms with E-state index in [9.17, 15) is 18.0 Å². The molecule has 0 aromatic heterocycles. The fraction of sp³-hybridized carbons (Fsp3) is 0.355. The summed E-state index contributed by atoms with van der Waals surface area (Å²) in [6.45, 7) is 1.15. The number of ether oxygens (including phenoxy) is 1. The van der Waals surface area contributed by atoms with Gasteiger partial charge in [-0.1, -0.05) is 66.2 Å². The van der Waals surface area contributed by atoms with Crippen molar-refractivity contribution < 1.29 is 22.7 Å². The standard InChI is InChI=1S/C31H36ClN3O5S/c1-40-21-5-20-33-31(37)30(25-6-3-2-4-7-25)35(22-24-8-13-26(32)14-9-24)29(36)19-12-23-10-17-28(18-11-23)41(38,39)34-27-15-16-27/h2-4,6-11,13-14,17-18,27,30,34H,5,12,15-16,19-22H2,1H3,(H,33,37)/t30-/m0/s1. The van der Waals surface area contributed by atoms with Crippen molar-refractivity contribution in [3.05, 3.63) is 101 Å². The molecule has 1 saturated carbocycles. The first-order valence-electron chi connectivity index (χ1n) is 13.7. The third kappa shape index (κ3) is 9.13. The van der Waals surface area contributed by atoms with Crippen LogP contribution in [-0.2, 0) is 37.3 Å². The van der Waals surface area contributed by atoms with Gasteiger partial charge in [-0.05, 0) is 66.6 Å². The van der Waals surface area contributed by atoms with E-state index in [1.165, 1.54) is 0 Å². The van der Waals surface area contributed by atoms with Gasteiger partial charge in [-0.25, -0.2) is 13.1 Å². The Morgan fingerprint density at radius 3 is 2.27 bits per heavy atom. The second kappa shape index (κ2) is 14.6. The van der Waals surface area contributed by atoms with Crippen LogP contribution in [0.25, 0.3) is 0 Å². The zero-order valence-corrected chi connectivity index (χ0v) is 24.7. The van der Waals surface area contributed by atoms with Crippen molar-refractivity contribution in [3.8, 4) is 0 Å². The van der Waals surface area contributed by atoms with Gasteiger partial charge in [-0.3, -0.25) is 9.59 Å². The Hall–Kier alpha value is -3.24. The molecule has 1 fully saturated rings. The van der Waals surface area contributed by atoms with Crippen molar-refractivity contribution in [2.24, 2.45) is 0 Å².